The van der Waals surface area contributed by atoms with Crippen molar-refractivity contribution in [2.45, 2.75) is 13.3 Å². The number of hydrogen-bond acceptors (Lipinski definition) is 4. The Bertz CT molecular complexity index is 431. The quantitative estimate of drug-likeness (QED) is 0.726. The SMILES string of the molecule is Cc1cc(C(=O)Cc2nccs2)co1. The molecule has 0 saturated heterocycles. The fraction of sp³-hybridized carbons (Fsp3) is 0.200. The molecule has 0 saturated carbocycles. The van der Waals surface area contributed by atoms with E-state index in [1.165, 1.54) is 17.6 Å². The third-order valence-corrected chi connectivity index (χ3v) is 2.63. The first kappa shape index (κ1) is 9.15. The molecule has 0 bridgehead atoms. The van der Waals surface area contributed by atoms with Gasteiger partial charge in [-0.3, -0.25) is 4.79 Å². The van der Waals surface area contributed by atoms with Crippen molar-refractivity contribution in [2.24, 2.45) is 0 Å². The van der Waals surface area contributed by atoms with E-state index in [2.05, 4.69) is 4.98 Å². The summed E-state index contributed by atoms with van der Waals surface area (Å²) in [6, 6.07) is 1.75. The van der Waals surface area contributed by atoms with Crippen LogP contribution in [0.4, 0.5) is 0 Å². The summed E-state index contributed by atoms with van der Waals surface area (Å²) in [6.07, 6.45) is 3.55. The molecule has 14 heavy (non-hydrogen) atoms. The lowest BCUT2D eigenvalue weighted by Crippen LogP contribution is -2.01. The van der Waals surface area contributed by atoms with Gasteiger partial charge in [0, 0.05) is 11.6 Å². The van der Waals surface area contributed by atoms with Gasteiger partial charge >= 0.3 is 0 Å². The molecule has 2 rings (SSSR count). The van der Waals surface area contributed by atoms with E-state index in [1.807, 2.05) is 12.3 Å². The lowest BCUT2D eigenvalue weighted by atomic mass is 10.1. The van der Waals surface area contributed by atoms with Crippen molar-refractivity contribution in [1.29, 1.82) is 0 Å². The highest BCUT2D eigenvalue weighted by Crippen LogP contribution is 2.12. The summed E-state index contributed by atoms with van der Waals surface area (Å²) in [4.78, 5) is 15.7. The van der Waals surface area contributed by atoms with Gasteiger partial charge in [0.2, 0.25) is 0 Å². The number of hydrogen-bond donors (Lipinski definition) is 0. The summed E-state index contributed by atoms with van der Waals surface area (Å²) in [5.41, 5.74) is 0.623. The van der Waals surface area contributed by atoms with Crippen molar-refractivity contribution in [2.75, 3.05) is 0 Å². The molecular weight excluding hydrogens is 198 g/mol. The van der Waals surface area contributed by atoms with Crippen LogP contribution < -0.4 is 0 Å². The first-order valence-corrected chi connectivity index (χ1v) is 5.10. The van der Waals surface area contributed by atoms with Gasteiger partial charge in [-0.1, -0.05) is 0 Å². The molecule has 72 valence electrons. The van der Waals surface area contributed by atoms with E-state index < -0.39 is 0 Å². The molecule has 0 aromatic carbocycles. The fourth-order valence-corrected chi connectivity index (χ4v) is 1.78. The molecule has 0 aliphatic heterocycles. The van der Waals surface area contributed by atoms with Gasteiger partial charge in [0.05, 0.1) is 12.0 Å². The zero-order valence-corrected chi connectivity index (χ0v) is 8.50. The molecule has 2 aromatic heterocycles. The van der Waals surface area contributed by atoms with Crippen molar-refractivity contribution in [3.05, 3.63) is 40.2 Å². The Morgan fingerprint density at radius 3 is 3.07 bits per heavy atom. The van der Waals surface area contributed by atoms with Crippen molar-refractivity contribution in [3.63, 3.8) is 0 Å². The third-order valence-electron chi connectivity index (χ3n) is 1.85. The van der Waals surface area contributed by atoms with Crippen LogP contribution in [0.15, 0.2) is 28.3 Å². The summed E-state index contributed by atoms with van der Waals surface area (Å²) in [6.45, 7) is 1.82. The molecule has 0 N–H and O–H groups in total. The standard InChI is InChI=1S/C10H9NO2S/c1-7-4-8(6-13-7)9(12)5-10-11-2-3-14-10/h2-4,6H,5H2,1H3. The number of Topliss-reactive ketones (excluding diaryl/α,β-unsaturated/α-hetero) is 1. The highest BCUT2D eigenvalue weighted by molar-refractivity contribution is 7.09. The number of ketones is 1. The van der Waals surface area contributed by atoms with Crippen LogP contribution in [0.3, 0.4) is 0 Å². The second kappa shape index (κ2) is 3.75. The Kier molecular flexibility index (Phi) is 2.45. The van der Waals surface area contributed by atoms with Gasteiger partial charge in [-0.2, -0.15) is 0 Å². The maximum Gasteiger partial charge on any atom is 0.172 e. The van der Waals surface area contributed by atoms with Gasteiger partial charge in [-0.25, -0.2) is 4.98 Å². The average molecular weight is 207 g/mol. The van der Waals surface area contributed by atoms with Crippen molar-refractivity contribution in [1.82, 2.24) is 4.98 Å². The van der Waals surface area contributed by atoms with Crippen LogP contribution in [-0.4, -0.2) is 10.8 Å². The van der Waals surface area contributed by atoms with Crippen LogP contribution in [0.25, 0.3) is 0 Å². The highest BCUT2D eigenvalue weighted by Gasteiger charge is 2.10. The molecule has 0 aliphatic carbocycles. The molecular formula is C10H9NO2S. The summed E-state index contributed by atoms with van der Waals surface area (Å²) in [5, 5.41) is 2.71. The van der Waals surface area contributed by atoms with Gasteiger partial charge in [0.15, 0.2) is 5.78 Å². The van der Waals surface area contributed by atoms with Crippen LogP contribution in [0.1, 0.15) is 21.1 Å². The zero-order chi connectivity index (χ0) is 9.97. The lowest BCUT2D eigenvalue weighted by Gasteiger charge is -1.91. The highest BCUT2D eigenvalue weighted by atomic mass is 32.1. The van der Waals surface area contributed by atoms with Crippen LogP contribution in [0.2, 0.25) is 0 Å². The van der Waals surface area contributed by atoms with E-state index in [9.17, 15) is 4.79 Å². The van der Waals surface area contributed by atoms with Gasteiger partial charge in [0.1, 0.15) is 17.0 Å². The number of aromatic nitrogens is 1. The third kappa shape index (κ3) is 1.90. The van der Waals surface area contributed by atoms with Gasteiger partial charge < -0.3 is 4.42 Å². The topological polar surface area (TPSA) is 43.1 Å². The molecule has 2 heterocycles. The molecule has 0 radical (unpaired) electrons. The Balaban J connectivity index is 2.10. The van der Waals surface area contributed by atoms with E-state index in [0.29, 0.717) is 12.0 Å². The number of carbonyl (C=O) groups excluding carboxylic acids is 1. The van der Waals surface area contributed by atoms with Crippen LogP contribution in [0, 0.1) is 6.92 Å². The largest absolute Gasteiger partial charge is 0.469 e. The van der Waals surface area contributed by atoms with E-state index in [1.54, 1.807) is 12.3 Å². The molecule has 0 spiro atoms. The first-order valence-electron chi connectivity index (χ1n) is 4.22. The number of aryl methyl sites for hydroxylation is 1. The van der Waals surface area contributed by atoms with Crippen molar-refractivity contribution >= 4 is 17.1 Å². The van der Waals surface area contributed by atoms with E-state index >= 15 is 0 Å². The Hall–Kier alpha value is -1.42. The zero-order valence-electron chi connectivity index (χ0n) is 7.69. The number of furan rings is 1. The predicted octanol–water partition coefficient (Wildman–Crippen LogP) is 2.47. The smallest absolute Gasteiger partial charge is 0.172 e. The van der Waals surface area contributed by atoms with Crippen LogP contribution in [0.5, 0.6) is 0 Å². The van der Waals surface area contributed by atoms with Crippen molar-refractivity contribution < 1.29 is 9.21 Å². The summed E-state index contributed by atoms with van der Waals surface area (Å²) < 4.78 is 5.07. The second-order valence-electron chi connectivity index (χ2n) is 2.97. The monoisotopic (exact) mass is 207 g/mol. The predicted molar refractivity (Wildman–Crippen MR) is 53.6 cm³/mol. The Morgan fingerprint density at radius 1 is 1.64 bits per heavy atom. The average Bonchev–Trinajstić information content (AvgIpc) is 2.75. The number of nitrogens with zero attached hydrogens (tertiary/aromatic N) is 1. The maximum absolute atomic E-state index is 11.6. The molecule has 3 nitrogen and oxygen atoms in total. The van der Waals surface area contributed by atoms with Gasteiger partial charge in [-0.15, -0.1) is 11.3 Å². The Labute approximate surface area is 85.4 Å². The van der Waals surface area contributed by atoms with E-state index in [-0.39, 0.29) is 5.78 Å². The second-order valence-corrected chi connectivity index (χ2v) is 3.95. The number of rotatable bonds is 3. The molecule has 0 fully saturated rings. The van der Waals surface area contributed by atoms with Gasteiger partial charge in [-0.05, 0) is 13.0 Å². The van der Waals surface area contributed by atoms with E-state index in [4.69, 9.17) is 4.42 Å². The normalized spacial score (nSPS) is 10.4. The Morgan fingerprint density at radius 2 is 2.50 bits per heavy atom. The van der Waals surface area contributed by atoms with Crippen LogP contribution >= 0.6 is 11.3 Å². The number of thiazole rings is 1. The molecule has 0 aliphatic rings. The molecule has 4 heteroatoms. The molecule has 0 unspecified atom stereocenters. The molecule has 0 amide bonds. The first-order chi connectivity index (χ1) is 6.75. The molecule has 0 atom stereocenters. The summed E-state index contributed by atoms with van der Waals surface area (Å²) >= 11 is 1.49. The van der Waals surface area contributed by atoms with Crippen molar-refractivity contribution in [3.8, 4) is 0 Å². The minimum absolute atomic E-state index is 0.0526. The molecule has 2 aromatic rings. The minimum Gasteiger partial charge on any atom is -0.469 e. The summed E-state index contributed by atoms with van der Waals surface area (Å²) in [5.74, 6) is 0.810. The minimum atomic E-state index is 0.0526. The van der Waals surface area contributed by atoms with E-state index in [0.717, 1.165) is 10.8 Å². The lowest BCUT2D eigenvalue weighted by molar-refractivity contribution is 0.0992. The summed E-state index contributed by atoms with van der Waals surface area (Å²) in [7, 11) is 0. The van der Waals surface area contributed by atoms with Gasteiger partial charge in [0.25, 0.3) is 0 Å². The fourth-order valence-electron chi connectivity index (χ4n) is 1.17. The number of carbonyl (C=O) groups is 1. The maximum atomic E-state index is 11.6. The van der Waals surface area contributed by atoms with Crippen LogP contribution in [-0.2, 0) is 6.42 Å².